The first-order valence-electron chi connectivity index (χ1n) is 7.22. The van der Waals surface area contributed by atoms with Crippen LogP contribution in [-0.2, 0) is 17.1 Å². The molecule has 0 heterocycles. The Morgan fingerprint density at radius 1 is 0.632 bits per heavy atom. The highest BCUT2D eigenvalue weighted by molar-refractivity contribution is 6.83. The van der Waals surface area contributed by atoms with Gasteiger partial charge in [0, 0.05) is 13.2 Å². The lowest BCUT2D eigenvalue weighted by Gasteiger charge is -2.37. The van der Waals surface area contributed by atoms with Crippen LogP contribution in [0.2, 0.25) is 39.3 Å². The van der Waals surface area contributed by atoms with Crippen molar-refractivity contribution >= 4 is 25.7 Å². The van der Waals surface area contributed by atoms with Gasteiger partial charge >= 0.3 is 9.05 Å². The monoisotopic (exact) mass is 324 g/mol. The van der Waals surface area contributed by atoms with E-state index < -0.39 is 25.7 Å². The van der Waals surface area contributed by atoms with Crippen molar-refractivity contribution < 1.29 is 17.1 Å². The Morgan fingerprint density at radius 2 is 0.947 bits per heavy atom. The Bertz CT molecular complexity index is 222. The Hall–Kier alpha value is 0.491. The average Bonchev–Trinajstić information content (AvgIpc) is 2.19. The zero-order chi connectivity index (χ0) is 15.2. The first kappa shape index (κ1) is 19.5. The molecule has 0 atom stereocenters. The average molecular weight is 325 g/mol. The van der Waals surface area contributed by atoms with Crippen molar-refractivity contribution in [1.29, 1.82) is 0 Å². The summed E-state index contributed by atoms with van der Waals surface area (Å²) >= 11 is 0. The smallest absolute Gasteiger partial charge is 0.395 e. The molecule has 0 fully saturated rings. The van der Waals surface area contributed by atoms with Crippen LogP contribution in [-0.4, -0.2) is 38.9 Å². The Kier molecular flexibility index (Phi) is 8.27. The topological polar surface area (TPSA) is 36.9 Å². The summed E-state index contributed by atoms with van der Waals surface area (Å²) < 4.78 is 24.5. The summed E-state index contributed by atoms with van der Waals surface area (Å²) in [5.41, 5.74) is 0. The summed E-state index contributed by atoms with van der Waals surface area (Å²) in [6.07, 6.45) is 1.88. The molecule has 0 aromatic carbocycles. The van der Waals surface area contributed by atoms with Crippen molar-refractivity contribution in [2.24, 2.45) is 0 Å². The van der Waals surface area contributed by atoms with Gasteiger partial charge in [-0.05, 0) is 52.1 Å². The predicted octanol–water partition coefficient (Wildman–Crippen LogP) is 3.98. The summed E-state index contributed by atoms with van der Waals surface area (Å²) in [5, 5.41) is 0. The molecule has 4 nitrogen and oxygen atoms in total. The predicted molar refractivity (Wildman–Crippen MR) is 87.1 cm³/mol. The van der Waals surface area contributed by atoms with Crippen molar-refractivity contribution in [2.75, 3.05) is 13.2 Å². The third-order valence-corrected chi connectivity index (χ3v) is 9.84. The lowest BCUT2D eigenvalue weighted by molar-refractivity contribution is 0.0365. The SMILES string of the molecule is CCCO[Si](OCCC)(O[Si](C)(C)C)O[Si](C)(C)C. The van der Waals surface area contributed by atoms with E-state index in [9.17, 15) is 0 Å². The lowest BCUT2D eigenvalue weighted by Crippen LogP contribution is -2.59. The molecule has 7 heteroatoms. The minimum Gasteiger partial charge on any atom is -0.395 e. The molecule has 116 valence electrons. The normalized spacial score (nSPS) is 13.9. The van der Waals surface area contributed by atoms with Crippen LogP contribution < -0.4 is 0 Å². The highest BCUT2D eigenvalue weighted by atomic mass is 28.5. The largest absolute Gasteiger partial charge is 0.658 e. The molecule has 0 radical (unpaired) electrons. The summed E-state index contributed by atoms with van der Waals surface area (Å²) in [4.78, 5) is 0. The molecule has 0 aliphatic rings. The first-order chi connectivity index (χ1) is 8.54. The molecule has 0 amide bonds. The van der Waals surface area contributed by atoms with Crippen LogP contribution in [0, 0.1) is 0 Å². The van der Waals surface area contributed by atoms with Crippen LogP contribution >= 0.6 is 0 Å². The van der Waals surface area contributed by atoms with E-state index in [1.54, 1.807) is 0 Å². The fourth-order valence-electron chi connectivity index (χ4n) is 1.38. The Morgan fingerprint density at radius 3 is 1.16 bits per heavy atom. The van der Waals surface area contributed by atoms with Gasteiger partial charge in [0.1, 0.15) is 0 Å². The van der Waals surface area contributed by atoms with Crippen LogP contribution in [0.25, 0.3) is 0 Å². The fraction of sp³-hybridized carbons (Fsp3) is 1.00. The molecule has 0 aliphatic heterocycles. The molecule has 0 saturated heterocycles. The zero-order valence-electron chi connectivity index (χ0n) is 14.0. The minimum atomic E-state index is -2.98. The molecule has 0 spiro atoms. The summed E-state index contributed by atoms with van der Waals surface area (Å²) in [5.74, 6) is 0. The quantitative estimate of drug-likeness (QED) is 0.570. The Labute approximate surface area is 122 Å². The minimum absolute atomic E-state index is 0.630. The van der Waals surface area contributed by atoms with E-state index >= 15 is 0 Å². The van der Waals surface area contributed by atoms with Crippen molar-refractivity contribution in [2.45, 2.75) is 66.0 Å². The van der Waals surface area contributed by atoms with Gasteiger partial charge in [0.05, 0.1) is 0 Å². The second kappa shape index (κ2) is 8.06. The van der Waals surface area contributed by atoms with Gasteiger partial charge < -0.3 is 17.1 Å². The first-order valence-corrected chi connectivity index (χ1v) is 15.7. The van der Waals surface area contributed by atoms with E-state index in [4.69, 9.17) is 17.1 Å². The molecule has 0 bridgehead atoms. The second-order valence-corrected chi connectivity index (χ2v) is 18.3. The molecular weight excluding hydrogens is 292 g/mol. The maximum atomic E-state index is 6.25. The highest BCUT2D eigenvalue weighted by Crippen LogP contribution is 2.23. The van der Waals surface area contributed by atoms with Gasteiger partial charge in [-0.2, -0.15) is 0 Å². The van der Waals surface area contributed by atoms with Gasteiger partial charge in [0.15, 0.2) is 16.6 Å². The van der Waals surface area contributed by atoms with Gasteiger partial charge in [0.25, 0.3) is 0 Å². The molecule has 0 rings (SSSR count). The molecule has 0 saturated carbocycles. The van der Waals surface area contributed by atoms with E-state index in [0.717, 1.165) is 12.8 Å². The highest BCUT2D eigenvalue weighted by Gasteiger charge is 2.51. The van der Waals surface area contributed by atoms with Gasteiger partial charge in [-0.3, -0.25) is 0 Å². The van der Waals surface area contributed by atoms with Gasteiger partial charge in [-0.25, -0.2) is 0 Å². The van der Waals surface area contributed by atoms with Crippen molar-refractivity contribution in [3.8, 4) is 0 Å². The third-order valence-electron chi connectivity index (χ3n) is 1.83. The van der Waals surface area contributed by atoms with Crippen molar-refractivity contribution in [3.05, 3.63) is 0 Å². The van der Waals surface area contributed by atoms with E-state index in [0.29, 0.717) is 13.2 Å². The lowest BCUT2D eigenvalue weighted by atomic mass is 10.5. The summed E-state index contributed by atoms with van der Waals surface area (Å²) in [6.45, 7) is 18.3. The van der Waals surface area contributed by atoms with Crippen LogP contribution in [0.4, 0.5) is 0 Å². The molecule has 0 unspecified atom stereocenters. The second-order valence-electron chi connectivity index (χ2n) is 6.63. The fourth-order valence-corrected chi connectivity index (χ4v) is 9.86. The van der Waals surface area contributed by atoms with Gasteiger partial charge in [0.2, 0.25) is 0 Å². The molecular formula is C12H32O4Si3. The van der Waals surface area contributed by atoms with E-state index in [1.807, 2.05) is 0 Å². The van der Waals surface area contributed by atoms with E-state index in [1.165, 1.54) is 0 Å². The molecule has 0 aromatic rings. The Balaban J connectivity index is 5.06. The molecule has 0 aromatic heterocycles. The molecule has 0 aliphatic carbocycles. The third kappa shape index (κ3) is 9.94. The van der Waals surface area contributed by atoms with Crippen LogP contribution in [0.1, 0.15) is 26.7 Å². The maximum Gasteiger partial charge on any atom is 0.658 e. The van der Waals surface area contributed by atoms with Gasteiger partial charge in [-0.15, -0.1) is 0 Å². The molecule has 0 N–H and O–H groups in total. The summed E-state index contributed by atoms with van der Waals surface area (Å²) in [7, 11) is -6.55. The van der Waals surface area contributed by atoms with Crippen LogP contribution in [0.5, 0.6) is 0 Å². The van der Waals surface area contributed by atoms with Crippen molar-refractivity contribution in [1.82, 2.24) is 0 Å². The zero-order valence-corrected chi connectivity index (χ0v) is 17.0. The van der Waals surface area contributed by atoms with Crippen LogP contribution in [0.3, 0.4) is 0 Å². The number of rotatable bonds is 10. The standard InChI is InChI=1S/C12H32O4Si3/c1-9-11-13-19(14-12-10-2,15-17(3,4)5)16-18(6,7)8/h9-12H2,1-8H3. The maximum absolute atomic E-state index is 6.25. The molecule has 19 heavy (non-hydrogen) atoms. The number of hydrogen-bond acceptors (Lipinski definition) is 4. The number of hydrogen-bond donors (Lipinski definition) is 0. The van der Waals surface area contributed by atoms with Crippen LogP contribution in [0.15, 0.2) is 0 Å². The summed E-state index contributed by atoms with van der Waals surface area (Å²) in [6, 6.07) is 0. The van der Waals surface area contributed by atoms with E-state index in [2.05, 4.69) is 53.1 Å². The van der Waals surface area contributed by atoms with Crippen molar-refractivity contribution in [3.63, 3.8) is 0 Å². The van der Waals surface area contributed by atoms with Gasteiger partial charge in [-0.1, -0.05) is 13.8 Å². The van der Waals surface area contributed by atoms with E-state index in [-0.39, 0.29) is 0 Å².